The normalized spacial score (nSPS) is 21.7. The predicted octanol–water partition coefficient (Wildman–Crippen LogP) is 0.939. The van der Waals surface area contributed by atoms with Crippen LogP contribution in [0.15, 0.2) is 0 Å². The second kappa shape index (κ2) is 7.71. The Bertz CT molecular complexity index is 253. The highest BCUT2D eigenvalue weighted by molar-refractivity contribution is 5.73. The summed E-state index contributed by atoms with van der Waals surface area (Å²) >= 11 is 0. The van der Waals surface area contributed by atoms with E-state index in [-0.39, 0.29) is 6.04 Å². The van der Waals surface area contributed by atoms with Crippen molar-refractivity contribution in [3.63, 3.8) is 0 Å². The van der Waals surface area contributed by atoms with E-state index in [0.29, 0.717) is 12.5 Å². The number of likely N-dealkylation sites (N-methyl/N-ethyl adjacent to an activating group) is 1. The van der Waals surface area contributed by atoms with Crippen molar-refractivity contribution < 1.29 is 14.6 Å². The Balaban J connectivity index is 2.25. The zero-order valence-electron chi connectivity index (χ0n) is 11.7. The molecule has 1 aliphatic rings. The van der Waals surface area contributed by atoms with Gasteiger partial charge in [-0.1, -0.05) is 13.8 Å². The van der Waals surface area contributed by atoms with Crippen LogP contribution in [-0.2, 0) is 9.53 Å². The number of carbonyl (C=O) groups is 1. The van der Waals surface area contributed by atoms with Crippen molar-refractivity contribution in [3.05, 3.63) is 0 Å². The van der Waals surface area contributed by atoms with Crippen LogP contribution in [0.5, 0.6) is 0 Å². The highest BCUT2D eigenvalue weighted by atomic mass is 16.5. The van der Waals surface area contributed by atoms with Crippen molar-refractivity contribution in [2.75, 3.05) is 26.7 Å². The van der Waals surface area contributed by atoms with Crippen LogP contribution in [-0.4, -0.2) is 60.9 Å². The summed E-state index contributed by atoms with van der Waals surface area (Å²) in [5, 5.41) is 12.2. The minimum atomic E-state index is -0.769. The lowest BCUT2D eigenvalue weighted by atomic mass is 10.1. The highest BCUT2D eigenvalue weighted by Crippen LogP contribution is 2.12. The van der Waals surface area contributed by atoms with Gasteiger partial charge in [-0.25, -0.2) is 0 Å². The van der Waals surface area contributed by atoms with E-state index < -0.39 is 12.0 Å². The fraction of sp³-hybridized carbons (Fsp3) is 0.923. The quantitative estimate of drug-likeness (QED) is 0.678. The Hall–Kier alpha value is -0.650. The molecule has 0 saturated carbocycles. The summed E-state index contributed by atoms with van der Waals surface area (Å²) in [4.78, 5) is 13.2. The van der Waals surface area contributed by atoms with Crippen molar-refractivity contribution in [1.82, 2.24) is 10.2 Å². The van der Waals surface area contributed by atoms with Gasteiger partial charge in [-0.15, -0.1) is 0 Å². The standard InChI is InChI=1S/C13H26N2O3/c1-10(2)14-12(13(16)17)6-7-15(3)9-11-5-4-8-18-11/h10-12,14H,4-9H2,1-3H3,(H,16,17). The average molecular weight is 258 g/mol. The number of aliphatic carboxylic acids is 1. The summed E-state index contributed by atoms with van der Waals surface area (Å²) in [6, 6.07) is -0.272. The second-order valence-corrected chi connectivity index (χ2v) is 5.40. The average Bonchev–Trinajstić information content (AvgIpc) is 2.76. The largest absolute Gasteiger partial charge is 0.480 e. The number of rotatable bonds is 8. The number of ether oxygens (including phenoxy) is 1. The lowest BCUT2D eigenvalue weighted by molar-refractivity contribution is -0.139. The molecule has 5 nitrogen and oxygen atoms in total. The van der Waals surface area contributed by atoms with Gasteiger partial charge in [0.25, 0.3) is 0 Å². The molecule has 0 aromatic heterocycles. The first-order valence-corrected chi connectivity index (χ1v) is 6.78. The van der Waals surface area contributed by atoms with Crippen LogP contribution in [0.3, 0.4) is 0 Å². The molecule has 0 aliphatic carbocycles. The smallest absolute Gasteiger partial charge is 0.320 e. The van der Waals surface area contributed by atoms with Crippen molar-refractivity contribution >= 4 is 5.97 Å². The number of hydrogen-bond acceptors (Lipinski definition) is 4. The summed E-state index contributed by atoms with van der Waals surface area (Å²) in [6.07, 6.45) is 3.22. The fourth-order valence-corrected chi connectivity index (χ4v) is 2.26. The molecule has 0 amide bonds. The number of hydrogen-bond donors (Lipinski definition) is 2. The molecule has 1 fully saturated rings. The van der Waals surface area contributed by atoms with Gasteiger partial charge in [0, 0.05) is 19.2 Å². The van der Waals surface area contributed by atoms with Crippen molar-refractivity contribution in [2.24, 2.45) is 0 Å². The predicted molar refractivity (Wildman–Crippen MR) is 70.8 cm³/mol. The molecular formula is C13H26N2O3. The van der Waals surface area contributed by atoms with Crippen LogP contribution >= 0.6 is 0 Å². The molecule has 2 unspecified atom stereocenters. The SMILES string of the molecule is CC(C)NC(CCN(C)CC1CCCO1)C(=O)O. The van der Waals surface area contributed by atoms with Gasteiger partial charge < -0.3 is 20.1 Å². The Labute approximate surface area is 109 Å². The molecule has 1 rings (SSSR count). The molecule has 0 aromatic rings. The molecular weight excluding hydrogens is 232 g/mol. The molecule has 0 bridgehead atoms. The van der Waals surface area contributed by atoms with Crippen LogP contribution in [0.1, 0.15) is 33.1 Å². The van der Waals surface area contributed by atoms with Crippen LogP contribution in [0.25, 0.3) is 0 Å². The topological polar surface area (TPSA) is 61.8 Å². The van der Waals surface area contributed by atoms with Crippen molar-refractivity contribution in [1.29, 1.82) is 0 Å². The Morgan fingerprint density at radius 3 is 2.78 bits per heavy atom. The highest BCUT2D eigenvalue weighted by Gasteiger charge is 2.21. The second-order valence-electron chi connectivity index (χ2n) is 5.40. The van der Waals surface area contributed by atoms with E-state index in [9.17, 15) is 4.79 Å². The molecule has 1 heterocycles. The molecule has 18 heavy (non-hydrogen) atoms. The first-order valence-electron chi connectivity index (χ1n) is 6.78. The molecule has 1 aliphatic heterocycles. The summed E-state index contributed by atoms with van der Waals surface area (Å²) in [5.41, 5.74) is 0. The Morgan fingerprint density at radius 1 is 1.56 bits per heavy atom. The molecule has 0 spiro atoms. The first kappa shape index (κ1) is 15.4. The van der Waals surface area contributed by atoms with E-state index in [4.69, 9.17) is 9.84 Å². The number of carboxylic acid groups (broad SMARTS) is 1. The lowest BCUT2D eigenvalue weighted by Gasteiger charge is -2.23. The molecule has 0 radical (unpaired) electrons. The summed E-state index contributed by atoms with van der Waals surface area (Å²) in [6.45, 7) is 6.47. The van der Waals surface area contributed by atoms with Crippen LogP contribution < -0.4 is 5.32 Å². The van der Waals surface area contributed by atoms with E-state index in [1.165, 1.54) is 0 Å². The summed E-state index contributed by atoms with van der Waals surface area (Å²) in [5.74, 6) is -0.769. The maximum Gasteiger partial charge on any atom is 0.320 e. The molecule has 0 aromatic carbocycles. The third-order valence-electron chi connectivity index (χ3n) is 3.17. The zero-order chi connectivity index (χ0) is 13.5. The Morgan fingerprint density at radius 2 is 2.28 bits per heavy atom. The summed E-state index contributed by atoms with van der Waals surface area (Å²) in [7, 11) is 2.02. The monoisotopic (exact) mass is 258 g/mol. The molecule has 2 N–H and O–H groups in total. The minimum Gasteiger partial charge on any atom is -0.480 e. The van der Waals surface area contributed by atoms with Gasteiger partial charge in [-0.3, -0.25) is 4.79 Å². The molecule has 2 atom stereocenters. The van der Waals surface area contributed by atoms with E-state index in [1.807, 2.05) is 20.9 Å². The maximum absolute atomic E-state index is 11.1. The van der Waals surface area contributed by atoms with Crippen LogP contribution in [0.4, 0.5) is 0 Å². The minimum absolute atomic E-state index is 0.189. The van der Waals surface area contributed by atoms with Crippen LogP contribution in [0.2, 0.25) is 0 Å². The Kier molecular flexibility index (Phi) is 6.60. The van der Waals surface area contributed by atoms with Gasteiger partial charge >= 0.3 is 5.97 Å². The zero-order valence-corrected chi connectivity index (χ0v) is 11.7. The third-order valence-corrected chi connectivity index (χ3v) is 3.17. The van der Waals surface area contributed by atoms with Crippen molar-refractivity contribution in [3.8, 4) is 0 Å². The lowest BCUT2D eigenvalue weighted by Crippen LogP contribution is -2.43. The number of nitrogens with one attached hydrogen (secondary N) is 1. The maximum atomic E-state index is 11.1. The van der Waals surface area contributed by atoms with E-state index in [0.717, 1.165) is 32.5 Å². The van der Waals surface area contributed by atoms with E-state index in [1.54, 1.807) is 0 Å². The van der Waals surface area contributed by atoms with Gasteiger partial charge in [0.2, 0.25) is 0 Å². The fourth-order valence-electron chi connectivity index (χ4n) is 2.26. The van der Waals surface area contributed by atoms with E-state index >= 15 is 0 Å². The van der Waals surface area contributed by atoms with Crippen molar-refractivity contribution in [2.45, 2.75) is 51.3 Å². The number of carboxylic acids is 1. The number of nitrogens with zero attached hydrogens (tertiary/aromatic N) is 1. The first-order chi connectivity index (χ1) is 8.49. The van der Waals surface area contributed by atoms with Gasteiger partial charge in [-0.2, -0.15) is 0 Å². The van der Waals surface area contributed by atoms with Gasteiger partial charge in [0.05, 0.1) is 6.10 Å². The molecule has 5 heteroatoms. The molecule has 1 saturated heterocycles. The summed E-state index contributed by atoms with van der Waals surface area (Å²) < 4.78 is 5.57. The third kappa shape index (κ3) is 5.80. The molecule has 106 valence electrons. The van der Waals surface area contributed by atoms with Gasteiger partial charge in [-0.05, 0) is 32.9 Å². The van der Waals surface area contributed by atoms with Gasteiger partial charge in [0.15, 0.2) is 0 Å². The van der Waals surface area contributed by atoms with Crippen LogP contribution in [0, 0.1) is 0 Å². The van der Waals surface area contributed by atoms with Gasteiger partial charge in [0.1, 0.15) is 6.04 Å². The van der Waals surface area contributed by atoms with E-state index in [2.05, 4.69) is 10.2 Å².